The highest BCUT2D eigenvalue weighted by Gasteiger charge is 2.21. The molecule has 0 atom stereocenters. The van der Waals surface area contributed by atoms with Gasteiger partial charge in [0.2, 0.25) is 0 Å². The van der Waals surface area contributed by atoms with Crippen LogP contribution in [0.1, 0.15) is 22.6 Å². The van der Waals surface area contributed by atoms with Gasteiger partial charge in [-0.15, -0.1) is 0 Å². The van der Waals surface area contributed by atoms with Crippen LogP contribution in [0.5, 0.6) is 0 Å². The Labute approximate surface area is 145 Å². The van der Waals surface area contributed by atoms with E-state index in [0.717, 1.165) is 56.0 Å². The van der Waals surface area contributed by atoms with E-state index in [1.807, 2.05) is 29.3 Å². The lowest BCUT2D eigenvalue weighted by Crippen LogP contribution is -2.35. The van der Waals surface area contributed by atoms with E-state index in [1.54, 1.807) is 18.6 Å². The largest absolute Gasteiger partial charge is 0.348 e. The minimum Gasteiger partial charge on any atom is -0.348 e. The summed E-state index contributed by atoms with van der Waals surface area (Å²) in [4.78, 5) is 33.1. The van der Waals surface area contributed by atoms with Gasteiger partial charge >= 0.3 is 0 Å². The van der Waals surface area contributed by atoms with E-state index >= 15 is 0 Å². The van der Waals surface area contributed by atoms with Crippen molar-refractivity contribution in [3.05, 3.63) is 54.4 Å². The van der Waals surface area contributed by atoms with Crippen molar-refractivity contribution in [2.45, 2.75) is 13.0 Å². The summed E-state index contributed by atoms with van der Waals surface area (Å²) in [5.74, 6) is 1.03. The molecule has 0 saturated carbocycles. The average Bonchev–Trinajstić information content (AvgIpc) is 3.05. The van der Waals surface area contributed by atoms with Crippen molar-refractivity contribution >= 4 is 16.9 Å². The molecular weight excluding hydrogens is 316 g/mol. The summed E-state index contributed by atoms with van der Waals surface area (Å²) in [6.45, 7) is 4.10. The molecule has 1 aromatic carbocycles. The summed E-state index contributed by atoms with van der Waals surface area (Å²) in [7, 11) is 0. The lowest BCUT2D eigenvalue weighted by atomic mass is 10.1. The molecule has 1 aliphatic rings. The maximum atomic E-state index is 12.9. The number of amides is 1. The Hall–Kier alpha value is -2.80. The van der Waals surface area contributed by atoms with E-state index in [2.05, 4.69) is 24.8 Å². The molecule has 7 nitrogen and oxygen atoms in total. The Bertz CT molecular complexity index is 863. The van der Waals surface area contributed by atoms with E-state index < -0.39 is 0 Å². The van der Waals surface area contributed by atoms with E-state index in [4.69, 9.17) is 0 Å². The molecule has 25 heavy (non-hydrogen) atoms. The fourth-order valence-corrected chi connectivity index (χ4v) is 3.21. The number of nitrogens with zero attached hydrogens (tertiary/aromatic N) is 5. The number of H-pyrrole nitrogens is 1. The maximum Gasteiger partial charge on any atom is 0.253 e. The molecule has 0 bridgehead atoms. The van der Waals surface area contributed by atoms with Crippen LogP contribution in [-0.2, 0) is 6.54 Å². The molecule has 1 N–H and O–H groups in total. The van der Waals surface area contributed by atoms with Gasteiger partial charge in [0, 0.05) is 56.5 Å². The van der Waals surface area contributed by atoms with Crippen LogP contribution in [0.4, 0.5) is 0 Å². The summed E-state index contributed by atoms with van der Waals surface area (Å²) >= 11 is 0. The van der Waals surface area contributed by atoms with Crippen LogP contribution in [0.2, 0.25) is 0 Å². The monoisotopic (exact) mass is 336 g/mol. The second-order valence-electron chi connectivity index (χ2n) is 6.22. The molecule has 3 aromatic rings. The van der Waals surface area contributed by atoms with Crippen LogP contribution in [0.25, 0.3) is 11.0 Å². The van der Waals surface area contributed by atoms with Gasteiger partial charge in [0.25, 0.3) is 5.91 Å². The molecule has 7 heteroatoms. The number of fused-ring (bicyclic) bond motifs is 1. The van der Waals surface area contributed by atoms with Gasteiger partial charge < -0.3 is 9.88 Å². The van der Waals surface area contributed by atoms with Gasteiger partial charge in [-0.05, 0) is 24.6 Å². The molecular formula is C18H20N6O. The first-order valence-corrected chi connectivity index (χ1v) is 8.50. The molecule has 0 radical (unpaired) electrons. The summed E-state index contributed by atoms with van der Waals surface area (Å²) in [6, 6.07) is 5.53. The van der Waals surface area contributed by atoms with Crippen LogP contribution in [0.3, 0.4) is 0 Å². The Morgan fingerprint density at radius 2 is 1.88 bits per heavy atom. The lowest BCUT2D eigenvalue weighted by Gasteiger charge is -2.21. The van der Waals surface area contributed by atoms with Gasteiger partial charge in [-0.1, -0.05) is 0 Å². The minimum atomic E-state index is 0.0624. The number of aromatic amines is 1. The van der Waals surface area contributed by atoms with Gasteiger partial charge in [0.05, 0.1) is 17.6 Å². The van der Waals surface area contributed by atoms with Crippen LogP contribution < -0.4 is 0 Å². The second kappa shape index (κ2) is 6.98. The van der Waals surface area contributed by atoms with Crippen molar-refractivity contribution in [1.29, 1.82) is 0 Å². The average molecular weight is 336 g/mol. The predicted molar refractivity (Wildman–Crippen MR) is 93.9 cm³/mol. The smallest absolute Gasteiger partial charge is 0.253 e. The Balaban J connectivity index is 1.44. The molecule has 1 amide bonds. The summed E-state index contributed by atoms with van der Waals surface area (Å²) in [5, 5.41) is 0. The van der Waals surface area contributed by atoms with Gasteiger partial charge in [0.1, 0.15) is 5.82 Å². The van der Waals surface area contributed by atoms with E-state index in [1.165, 1.54) is 0 Å². The van der Waals surface area contributed by atoms with E-state index in [-0.39, 0.29) is 5.91 Å². The third-order valence-corrected chi connectivity index (χ3v) is 4.52. The van der Waals surface area contributed by atoms with E-state index in [9.17, 15) is 4.79 Å². The SMILES string of the molecule is O=C(c1ccc2nccnc2c1)N1CCCN(Cc2ncc[nH]2)CC1. The molecule has 1 aliphatic heterocycles. The van der Waals surface area contributed by atoms with Crippen molar-refractivity contribution in [1.82, 2.24) is 29.7 Å². The van der Waals surface area contributed by atoms with Crippen molar-refractivity contribution in [2.24, 2.45) is 0 Å². The molecule has 128 valence electrons. The van der Waals surface area contributed by atoms with Gasteiger partial charge in [-0.3, -0.25) is 19.7 Å². The highest BCUT2D eigenvalue weighted by atomic mass is 16.2. The number of rotatable bonds is 3. The van der Waals surface area contributed by atoms with Crippen molar-refractivity contribution in [2.75, 3.05) is 26.2 Å². The standard InChI is InChI=1S/C18H20N6O/c25-18(14-2-3-15-16(12-14)20-5-4-19-15)24-9-1-8-23(10-11-24)13-17-21-6-7-22-17/h2-7,12H,1,8-11,13H2,(H,21,22). The zero-order valence-electron chi connectivity index (χ0n) is 13.9. The summed E-state index contributed by atoms with van der Waals surface area (Å²) < 4.78 is 0. The Morgan fingerprint density at radius 1 is 1.00 bits per heavy atom. The number of hydrogen-bond donors (Lipinski definition) is 1. The number of aromatic nitrogens is 4. The first-order valence-electron chi connectivity index (χ1n) is 8.50. The first kappa shape index (κ1) is 15.7. The zero-order valence-corrected chi connectivity index (χ0v) is 13.9. The molecule has 0 aliphatic carbocycles. The molecule has 4 rings (SSSR count). The Morgan fingerprint density at radius 3 is 2.72 bits per heavy atom. The molecule has 3 heterocycles. The highest BCUT2D eigenvalue weighted by Crippen LogP contribution is 2.15. The molecule has 1 saturated heterocycles. The topological polar surface area (TPSA) is 78.0 Å². The number of benzene rings is 1. The van der Waals surface area contributed by atoms with Crippen molar-refractivity contribution in [3.8, 4) is 0 Å². The number of hydrogen-bond acceptors (Lipinski definition) is 5. The lowest BCUT2D eigenvalue weighted by molar-refractivity contribution is 0.0761. The van der Waals surface area contributed by atoms with Crippen LogP contribution in [-0.4, -0.2) is 61.8 Å². The van der Waals surface area contributed by atoms with Gasteiger partial charge in [-0.25, -0.2) is 4.98 Å². The highest BCUT2D eigenvalue weighted by molar-refractivity contribution is 5.97. The van der Waals surface area contributed by atoms with Crippen LogP contribution in [0.15, 0.2) is 43.0 Å². The maximum absolute atomic E-state index is 12.9. The Kier molecular flexibility index (Phi) is 4.39. The fourth-order valence-electron chi connectivity index (χ4n) is 3.21. The molecule has 2 aromatic heterocycles. The number of nitrogens with one attached hydrogen (secondary N) is 1. The summed E-state index contributed by atoms with van der Waals surface area (Å²) in [5.41, 5.74) is 2.23. The normalized spacial score (nSPS) is 16.1. The fraction of sp³-hybridized carbons (Fsp3) is 0.333. The minimum absolute atomic E-state index is 0.0624. The molecule has 0 unspecified atom stereocenters. The molecule has 1 fully saturated rings. The van der Waals surface area contributed by atoms with Gasteiger partial charge in [0.15, 0.2) is 0 Å². The van der Waals surface area contributed by atoms with E-state index in [0.29, 0.717) is 5.56 Å². The number of imidazole rings is 1. The van der Waals surface area contributed by atoms with Crippen LogP contribution >= 0.6 is 0 Å². The predicted octanol–water partition coefficient (Wildman–Crippen LogP) is 1.70. The second-order valence-corrected chi connectivity index (χ2v) is 6.22. The third kappa shape index (κ3) is 3.51. The number of carbonyl (C=O) groups is 1. The zero-order chi connectivity index (χ0) is 17.1. The quantitative estimate of drug-likeness (QED) is 0.788. The van der Waals surface area contributed by atoms with Crippen molar-refractivity contribution in [3.63, 3.8) is 0 Å². The van der Waals surface area contributed by atoms with Crippen LogP contribution in [0, 0.1) is 0 Å². The third-order valence-electron chi connectivity index (χ3n) is 4.52. The van der Waals surface area contributed by atoms with Crippen molar-refractivity contribution < 1.29 is 4.79 Å². The summed E-state index contributed by atoms with van der Waals surface area (Å²) in [6.07, 6.45) is 7.87. The first-order chi connectivity index (χ1) is 12.3. The van der Waals surface area contributed by atoms with Gasteiger partial charge in [-0.2, -0.15) is 0 Å². The molecule has 0 spiro atoms. The number of carbonyl (C=O) groups excluding carboxylic acids is 1.